The van der Waals surface area contributed by atoms with Gasteiger partial charge in [-0.15, -0.1) is 0 Å². The molecule has 3 aromatic rings. The standard InChI is InChI=1S/C22H20O5/c1-11-9-18-20(12(2)13(3)22(24)27-18)21-19(11)15(23)10-17(26-21)14-7-5-6-8-16(14)25-4/h5-9,17H,10H2,1-4H3/t17-/m0/s1. The number of ether oxygens (including phenoxy) is 2. The molecule has 5 nitrogen and oxygen atoms in total. The number of aryl methyl sites for hydroxylation is 2. The minimum Gasteiger partial charge on any atom is -0.496 e. The molecule has 1 atom stereocenters. The van der Waals surface area contributed by atoms with Gasteiger partial charge < -0.3 is 13.9 Å². The molecule has 1 aromatic heterocycles. The SMILES string of the molecule is COc1ccccc1[C@@H]1CC(=O)c2c(C)cc3oc(=O)c(C)c(C)c3c2O1. The lowest BCUT2D eigenvalue weighted by molar-refractivity contribution is 0.0849. The Labute approximate surface area is 156 Å². The van der Waals surface area contributed by atoms with Crippen LogP contribution in [0.15, 0.2) is 39.5 Å². The monoisotopic (exact) mass is 364 g/mol. The number of fused-ring (bicyclic) bond motifs is 3. The highest BCUT2D eigenvalue weighted by Gasteiger charge is 2.33. The first-order chi connectivity index (χ1) is 12.9. The van der Waals surface area contributed by atoms with Gasteiger partial charge in [-0.05, 0) is 44.0 Å². The Bertz CT molecular complexity index is 1140. The number of carbonyl (C=O) groups excluding carboxylic acids is 1. The number of para-hydroxylation sites is 1. The normalized spacial score (nSPS) is 16.1. The van der Waals surface area contributed by atoms with Gasteiger partial charge >= 0.3 is 5.63 Å². The summed E-state index contributed by atoms with van der Waals surface area (Å²) in [5.41, 5.74) is 3.48. The van der Waals surface area contributed by atoms with Crippen molar-refractivity contribution in [3.05, 3.63) is 68.6 Å². The van der Waals surface area contributed by atoms with Gasteiger partial charge in [-0.25, -0.2) is 4.79 Å². The third-order valence-corrected chi connectivity index (χ3v) is 5.28. The second-order valence-electron chi connectivity index (χ2n) is 6.89. The van der Waals surface area contributed by atoms with E-state index in [9.17, 15) is 9.59 Å². The molecule has 4 rings (SSSR count). The van der Waals surface area contributed by atoms with Gasteiger partial charge in [0.2, 0.25) is 0 Å². The first-order valence-electron chi connectivity index (χ1n) is 8.82. The number of hydrogen-bond acceptors (Lipinski definition) is 5. The molecule has 0 unspecified atom stereocenters. The number of Topliss-reactive ketones (excluding diaryl/α,β-unsaturated/α-hetero) is 1. The van der Waals surface area contributed by atoms with Crippen LogP contribution >= 0.6 is 0 Å². The summed E-state index contributed by atoms with van der Waals surface area (Å²) in [7, 11) is 1.60. The Balaban J connectivity index is 1.98. The first kappa shape index (κ1) is 17.3. The molecular formula is C22H20O5. The molecule has 27 heavy (non-hydrogen) atoms. The summed E-state index contributed by atoms with van der Waals surface area (Å²) in [4.78, 5) is 25.1. The van der Waals surface area contributed by atoms with E-state index >= 15 is 0 Å². The van der Waals surface area contributed by atoms with Crippen molar-refractivity contribution in [3.63, 3.8) is 0 Å². The third kappa shape index (κ3) is 2.62. The van der Waals surface area contributed by atoms with Crippen molar-refractivity contribution in [1.82, 2.24) is 0 Å². The van der Waals surface area contributed by atoms with E-state index < -0.39 is 6.10 Å². The zero-order valence-electron chi connectivity index (χ0n) is 15.7. The lowest BCUT2D eigenvalue weighted by atomic mass is 9.90. The van der Waals surface area contributed by atoms with E-state index in [-0.39, 0.29) is 17.8 Å². The molecule has 0 radical (unpaired) electrons. The smallest absolute Gasteiger partial charge is 0.339 e. The molecule has 0 fully saturated rings. The van der Waals surface area contributed by atoms with Gasteiger partial charge in [-0.2, -0.15) is 0 Å². The molecule has 2 heterocycles. The van der Waals surface area contributed by atoms with Gasteiger partial charge in [0.15, 0.2) is 5.78 Å². The molecule has 0 spiro atoms. The van der Waals surface area contributed by atoms with Gasteiger partial charge in [-0.1, -0.05) is 18.2 Å². The Morgan fingerprint density at radius 2 is 1.81 bits per heavy atom. The molecule has 5 heteroatoms. The van der Waals surface area contributed by atoms with Gasteiger partial charge in [0.1, 0.15) is 23.2 Å². The van der Waals surface area contributed by atoms with E-state index in [2.05, 4.69) is 0 Å². The molecule has 0 amide bonds. The number of carbonyl (C=O) groups is 1. The zero-order valence-corrected chi connectivity index (χ0v) is 15.7. The second kappa shape index (κ2) is 6.27. The number of benzene rings is 2. The quantitative estimate of drug-likeness (QED) is 0.629. The Morgan fingerprint density at radius 3 is 2.56 bits per heavy atom. The lowest BCUT2D eigenvalue weighted by Gasteiger charge is -2.29. The van der Waals surface area contributed by atoms with Crippen LogP contribution < -0.4 is 15.1 Å². The van der Waals surface area contributed by atoms with Crippen molar-refractivity contribution < 1.29 is 18.7 Å². The van der Waals surface area contributed by atoms with Crippen LogP contribution in [0.5, 0.6) is 11.5 Å². The van der Waals surface area contributed by atoms with Gasteiger partial charge in [0.05, 0.1) is 24.5 Å². The van der Waals surface area contributed by atoms with Crippen molar-refractivity contribution in [2.45, 2.75) is 33.3 Å². The average molecular weight is 364 g/mol. The van der Waals surface area contributed by atoms with Gasteiger partial charge in [0.25, 0.3) is 0 Å². The highest BCUT2D eigenvalue weighted by atomic mass is 16.5. The van der Waals surface area contributed by atoms with E-state index in [1.807, 2.05) is 38.1 Å². The molecule has 1 aliphatic rings. The van der Waals surface area contributed by atoms with Gasteiger partial charge in [-0.3, -0.25) is 4.79 Å². The van der Waals surface area contributed by atoms with Crippen LogP contribution in [0.2, 0.25) is 0 Å². The van der Waals surface area contributed by atoms with Crippen LogP contribution in [-0.2, 0) is 0 Å². The van der Waals surface area contributed by atoms with Gasteiger partial charge in [0, 0.05) is 11.1 Å². The summed E-state index contributed by atoms with van der Waals surface area (Å²) in [6, 6.07) is 9.26. The molecule has 0 aliphatic carbocycles. The molecule has 0 bridgehead atoms. The summed E-state index contributed by atoms with van der Waals surface area (Å²) < 4.78 is 17.2. The van der Waals surface area contributed by atoms with Crippen molar-refractivity contribution in [3.8, 4) is 11.5 Å². The first-order valence-corrected chi connectivity index (χ1v) is 8.82. The maximum Gasteiger partial charge on any atom is 0.339 e. The van der Waals surface area contributed by atoms with E-state index in [4.69, 9.17) is 13.9 Å². The average Bonchev–Trinajstić information content (AvgIpc) is 2.65. The summed E-state index contributed by atoms with van der Waals surface area (Å²) in [5.74, 6) is 1.17. The Kier molecular flexibility index (Phi) is 4.02. The van der Waals surface area contributed by atoms with Crippen LogP contribution in [0.3, 0.4) is 0 Å². The molecule has 2 aromatic carbocycles. The van der Waals surface area contributed by atoms with Crippen molar-refractivity contribution >= 4 is 16.8 Å². The second-order valence-corrected chi connectivity index (χ2v) is 6.89. The number of methoxy groups -OCH3 is 1. The molecule has 138 valence electrons. The van der Waals surface area contributed by atoms with Crippen molar-refractivity contribution in [1.29, 1.82) is 0 Å². The van der Waals surface area contributed by atoms with Crippen molar-refractivity contribution in [2.75, 3.05) is 7.11 Å². The highest BCUT2D eigenvalue weighted by Crippen LogP contribution is 2.44. The van der Waals surface area contributed by atoms with Crippen LogP contribution in [0, 0.1) is 20.8 Å². The van der Waals surface area contributed by atoms with E-state index in [0.29, 0.717) is 33.6 Å². The van der Waals surface area contributed by atoms with E-state index in [0.717, 1.165) is 16.7 Å². The van der Waals surface area contributed by atoms with Crippen LogP contribution in [0.25, 0.3) is 11.0 Å². The fourth-order valence-corrected chi connectivity index (χ4v) is 3.73. The van der Waals surface area contributed by atoms with E-state index in [1.165, 1.54) is 0 Å². The Hall–Kier alpha value is -3.08. The fraction of sp³-hybridized carbons (Fsp3) is 0.273. The third-order valence-electron chi connectivity index (χ3n) is 5.28. The summed E-state index contributed by atoms with van der Waals surface area (Å²) in [5, 5.41) is 0.681. The fourth-order valence-electron chi connectivity index (χ4n) is 3.73. The van der Waals surface area contributed by atoms with Crippen LogP contribution in [-0.4, -0.2) is 12.9 Å². The number of ketones is 1. The van der Waals surface area contributed by atoms with Crippen molar-refractivity contribution in [2.24, 2.45) is 0 Å². The minimum atomic E-state index is -0.460. The largest absolute Gasteiger partial charge is 0.496 e. The zero-order chi connectivity index (χ0) is 19.3. The van der Waals surface area contributed by atoms with Crippen LogP contribution in [0.1, 0.15) is 45.1 Å². The highest BCUT2D eigenvalue weighted by molar-refractivity contribution is 6.07. The maximum absolute atomic E-state index is 13.0. The Morgan fingerprint density at radius 1 is 1.07 bits per heavy atom. The predicted octanol–water partition coefficient (Wildman–Crippen LogP) is 4.43. The maximum atomic E-state index is 13.0. The minimum absolute atomic E-state index is 0.00908. The number of rotatable bonds is 2. The van der Waals surface area contributed by atoms with E-state index in [1.54, 1.807) is 20.1 Å². The molecule has 0 saturated heterocycles. The topological polar surface area (TPSA) is 65.7 Å². The molecule has 0 saturated carbocycles. The lowest BCUT2D eigenvalue weighted by Crippen LogP contribution is -2.22. The molecule has 0 N–H and O–H groups in total. The predicted molar refractivity (Wildman–Crippen MR) is 102 cm³/mol. The summed E-state index contributed by atoms with van der Waals surface area (Å²) in [6.45, 7) is 5.40. The van der Waals surface area contributed by atoms with Crippen LogP contribution in [0.4, 0.5) is 0 Å². The summed E-state index contributed by atoms with van der Waals surface area (Å²) >= 11 is 0. The molecular weight excluding hydrogens is 344 g/mol. The number of hydrogen-bond donors (Lipinski definition) is 0. The summed E-state index contributed by atoms with van der Waals surface area (Å²) in [6.07, 6.45) is -0.230. The molecule has 1 aliphatic heterocycles.